The average Bonchev–Trinajstić information content (AvgIpc) is 3.46. The van der Waals surface area contributed by atoms with Gasteiger partial charge in [-0.1, -0.05) is 0 Å². The summed E-state index contributed by atoms with van der Waals surface area (Å²) in [6, 6.07) is 7.10. The number of nitrogens with one attached hydrogen (secondary N) is 1. The van der Waals surface area contributed by atoms with E-state index in [1.165, 1.54) is 18.2 Å². The number of nitrogens with zero attached hydrogens (tertiary/aromatic N) is 5. The molecule has 5 rings (SSSR count). The van der Waals surface area contributed by atoms with E-state index in [2.05, 4.69) is 19.9 Å². The highest BCUT2D eigenvalue weighted by atomic mass is 32.2. The highest BCUT2D eigenvalue weighted by molar-refractivity contribution is 7.91. The van der Waals surface area contributed by atoms with Crippen molar-refractivity contribution in [1.82, 2.24) is 19.9 Å². The molecule has 6 N–H and O–H groups in total. The number of nitrogens with two attached hydrogens (primary N) is 2. The second-order valence-electron chi connectivity index (χ2n) is 9.81. The number of nitrogen functional groups attached to an aromatic ring is 2. The van der Waals surface area contributed by atoms with Gasteiger partial charge in [-0.3, -0.25) is 10.4 Å². The predicted octanol–water partition coefficient (Wildman–Crippen LogP) is 3.01. The molecular weight excluding hydrogens is 642 g/mol. The highest BCUT2D eigenvalue weighted by Gasteiger charge is 2.29. The van der Waals surface area contributed by atoms with Crippen molar-refractivity contribution in [1.29, 1.82) is 5.41 Å². The predicted molar refractivity (Wildman–Crippen MR) is 162 cm³/mol. The molecule has 4 aromatic rings. The molecule has 0 aliphatic carbocycles. The maximum absolute atomic E-state index is 15.6. The van der Waals surface area contributed by atoms with Gasteiger partial charge in [-0.25, -0.2) is 32.6 Å². The van der Waals surface area contributed by atoms with Crippen LogP contribution in [0.1, 0.15) is 28.4 Å². The summed E-state index contributed by atoms with van der Waals surface area (Å²) in [4.78, 5) is 29.0. The molecule has 0 atom stereocenters. The van der Waals surface area contributed by atoms with Crippen LogP contribution in [-0.2, 0) is 14.6 Å². The van der Waals surface area contributed by atoms with Gasteiger partial charge >= 0.3 is 5.97 Å². The Bertz CT molecular complexity index is 2060. The van der Waals surface area contributed by atoms with Gasteiger partial charge in [0.15, 0.2) is 17.3 Å². The van der Waals surface area contributed by atoms with Gasteiger partial charge in [0.2, 0.25) is 21.4 Å². The van der Waals surface area contributed by atoms with Gasteiger partial charge in [-0.2, -0.15) is 4.39 Å². The largest absolute Gasteiger partial charge is 0.504 e. The summed E-state index contributed by atoms with van der Waals surface area (Å²) in [5.74, 6) is -6.66. The molecular formula is C29H26F2N8O7S. The smallest absolute Gasteiger partial charge is 0.343 e. The summed E-state index contributed by atoms with van der Waals surface area (Å²) < 4.78 is 73.6. The lowest BCUT2D eigenvalue weighted by atomic mass is 10.1. The lowest BCUT2D eigenvalue weighted by molar-refractivity contribution is 0.0526. The van der Waals surface area contributed by atoms with Gasteiger partial charge in [0.05, 0.1) is 29.8 Å². The van der Waals surface area contributed by atoms with Gasteiger partial charge < -0.3 is 35.7 Å². The van der Waals surface area contributed by atoms with E-state index in [1.807, 2.05) is 0 Å². The number of rotatable bonds is 10. The van der Waals surface area contributed by atoms with Crippen molar-refractivity contribution in [2.24, 2.45) is 10.7 Å². The first-order valence-corrected chi connectivity index (χ1v) is 15.1. The molecule has 0 unspecified atom stereocenters. The number of aromatic nitrogens is 3. The summed E-state index contributed by atoms with van der Waals surface area (Å²) in [7, 11) is -2.78. The van der Waals surface area contributed by atoms with Crippen molar-refractivity contribution in [3.8, 4) is 28.9 Å². The minimum Gasteiger partial charge on any atom is -0.504 e. The fourth-order valence-electron chi connectivity index (χ4n) is 4.32. The zero-order valence-electron chi connectivity index (χ0n) is 24.7. The van der Waals surface area contributed by atoms with Crippen molar-refractivity contribution >= 4 is 33.3 Å². The van der Waals surface area contributed by atoms with Gasteiger partial charge in [0, 0.05) is 25.4 Å². The Balaban J connectivity index is 1.54. The maximum Gasteiger partial charge on any atom is 0.343 e. The van der Waals surface area contributed by atoms with Crippen LogP contribution < -0.4 is 20.9 Å². The number of anilines is 1. The van der Waals surface area contributed by atoms with Gasteiger partial charge in [0.1, 0.15) is 28.8 Å². The Morgan fingerprint density at radius 1 is 1.11 bits per heavy atom. The molecule has 0 fully saturated rings. The number of carbonyl (C=O) groups excluding carboxylic acids is 1. The van der Waals surface area contributed by atoms with Crippen molar-refractivity contribution in [3.63, 3.8) is 0 Å². The molecule has 1 aliphatic rings. The van der Waals surface area contributed by atoms with Gasteiger partial charge in [0.25, 0.3) is 11.0 Å². The fraction of sp³-hybridized carbons (Fsp3) is 0.172. The van der Waals surface area contributed by atoms with Gasteiger partial charge in [-0.15, -0.1) is 0 Å². The summed E-state index contributed by atoms with van der Waals surface area (Å²) >= 11 is 0. The highest BCUT2D eigenvalue weighted by Crippen LogP contribution is 2.38. The summed E-state index contributed by atoms with van der Waals surface area (Å²) in [5.41, 5.74) is 11.3. The second-order valence-corrected chi connectivity index (χ2v) is 11.7. The number of halogens is 2. The van der Waals surface area contributed by atoms with E-state index in [0.717, 1.165) is 24.4 Å². The Hall–Kier alpha value is -5.91. The Kier molecular flexibility index (Phi) is 8.87. The third-order valence-corrected chi connectivity index (χ3v) is 8.23. The zero-order chi connectivity index (χ0) is 34.0. The van der Waals surface area contributed by atoms with Crippen LogP contribution in [0.25, 0.3) is 0 Å². The molecule has 0 spiro atoms. The number of sulfone groups is 1. The molecule has 0 radical (unpaired) electrons. The number of phenols is 1. The fourth-order valence-corrected chi connectivity index (χ4v) is 5.46. The van der Waals surface area contributed by atoms with E-state index in [-0.39, 0.29) is 51.4 Å². The number of benzene rings is 2. The van der Waals surface area contributed by atoms with E-state index >= 15 is 4.39 Å². The van der Waals surface area contributed by atoms with Crippen LogP contribution in [0.15, 0.2) is 63.8 Å². The first kappa shape index (κ1) is 32.5. The number of hydrogen-bond donors (Lipinski definition) is 4. The molecule has 0 saturated carbocycles. The number of amidine groups is 2. The van der Waals surface area contributed by atoms with E-state index in [0.29, 0.717) is 19.3 Å². The summed E-state index contributed by atoms with van der Waals surface area (Å²) in [5, 5.41) is 17.0. The zero-order valence-corrected chi connectivity index (χ0v) is 25.5. The molecule has 1 aliphatic heterocycles. The van der Waals surface area contributed by atoms with Crippen LogP contribution in [0.5, 0.6) is 28.9 Å². The molecule has 18 heteroatoms. The molecule has 47 heavy (non-hydrogen) atoms. The van der Waals surface area contributed by atoms with Crippen molar-refractivity contribution < 1.29 is 41.3 Å². The Morgan fingerprint density at radius 2 is 1.87 bits per heavy atom. The third-order valence-electron chi connectivity index (χ3n) is 6.68. The third kappa shape index (κ3) is 6.43. The quantitative estimate of drug-likeness (QED) is 0.0825. The van der Waals surface area contributed by atoms with E-state index in [4.69, 9.17) is 31.1 Å². The lowest BCUT2D eigenvalue weighted by Gasteiger charge is -2.19. The molecule has 244 valence electrons. The standard InChI is InChI=1S/C29H26F2N8O7S/c1-3-44-28(41)17-12-37-29(38-25(17)34)47(42,43)15-5-7-20(16(11-15)26-35-8-9-39(26)2)45-23-18(30)13-36-27(22(23)31)46-21-10-14(24(32)33)4-6-19(21)40/h4-7,10-13,40H,3,8-9H2,1-2H3,(H3,32,33)(H2,34,37,38). The number of likely N-dealkylation sites (N-methyl/N-ethyl adjacent to an activating group) is 1. The SMILES string of the molecule is CCOC(=O)c1cnc(S(=O)(=O)c2ccc(Oc3c(F)cnc(Oc4cc(C(=N)N)ccc4O)c3F)c(C3=NCCN3C)c2)nc1N. The number of aliphatic imine (C=N–C) groups is 1. The number of aromatic hydroxyl groups is 1. The Morgan fingerprint density at radius 3 is 2.53 bits per heavy atom. The monoisotopic (exact) mass is 668 g/mol. The average molecular weight is 669 g/mol. The maximum atomic E-state index is 15.6. The number of carbonyl (C=O) groups is 1. The summed E-state index contributed by atoms with van der Waals surface area (Å²) in [6.07, 6.45) is 1.56. The van der Waals surface area contributed by atoms with E-state index in [1.54, 1.807) is 18.9 Å². The molecule has 0 saturated heterocycles. The number of esters is 1. The van der Waals surface area contributed by atoms with Crippen molar-refractivity contribution in [3.05, 3.63) is 77.1 Å². The van der Waals surface area contributed by atoms with Gasteiger partial charge in [-0.05, 0) is 43.3 Å². The summed E-state index contributed by atoms with van der Waals surface area (Å²) in [6.45, 7) is 2.43. The van der Waals surface area contributed by atoms with Crippen molar-refractivity contribution in [2.45, 2.75) is 17.0 Å². The number of ether oxygens (including phenoxy) is 3. The van der Waals surface area contributed by atoms with E-state index in [9.17, 15) is 22.7 Å². The van der Waals surface area contributed by atoms with Crippen molar-refractivity contribution in [2.75, 3.05) is 32.5 Å². The molecule has 0 bridgehead atoms. The van der Waals surface area contributed by atoms with Crippen LogP contribution >= 0.6 is 0 Å². The first-order chi connectivity index (χ1) is 22.3. The second kappa shape index (κ2) is 12.8. The minimum absolute atomic E-state index is 0.0482. The van der Waals surface area contributed by atoms with E-state index < -0.39 is 55.8 Å². The minimum atomic E-state index is -4.46. The first-order valence-electron chi connectivity index (χ1n) is 13.6. The normalized spacial score (nSPS) is 12.9. The van der Waals surface area contributed by atoms with Crippen LogP contribution in [0.4, 0.5) is 14.6 Å². The number of hydrogen-bond acceptors (Lipinski definition) is 14. The number of pyridine rings is 1. The molecule has 2 aromatic heterocycles. The van der Waals surface area contributed by atoms with Crippen LogP contribution in [0, 0.1) is 17.0 Å². The lowest BCUT2D eigenvalue weighted by Crippen LogP contribution is -2.24. The van der Waals surface area contributed by atoms with Crippen LogP contribution in [0.2, 0.25) is 0 Å². The molecule has 0 amide bonds. The molecule has 2 aromatic carbocycles. The molecule has 3 heterocycles. The topological polar surface area (TPSA) is 229 Å². The Labute approximate surface area is 265 Å². The number of phenolic OH excluding ortho intramolecular Hbond substituents is 1. The molecule has 15 nitrogen and oxygen atoms in total. The van der Waals surface area contributed by atoms with Crippen LogP contribution in [-0.4, -0.2) is 77.8 Å². The van der Waals surface area contributed by atoms with Crippen LogP contribution in [0.3, 0.4) is 0 Å².